The van der Waals surface area contributed by atoms with Crippen molar-refractivity contribution in [3.63, 3.8) is 0 Å². The standard InChI is InChI=1S/C17H26N2O4.ClH/c1-12-4-5-13(16(8-12)23-7-3-6-22-2)10-19-17(21)15-9-14(20)11-18-15;/h4-5,8,14-15,18,20H,3,6-7,9-11H2,1-2H3,(H,19,21);1H. The Kier molecular flexibility index (Phi) is 9.07. The lowest BCUT2D eigenvalue weighted by Crippen LogP contribution is -2.40. The highest BCUT2D eigenvalue weighted by atomic mass is 35.5. The summed E-state index contributed by atoms with van der Waals surface area (Å²) in [5, 5.41) is 15.4. The maximum Gasteiger partial charge on any atom is 0.237 e. The molecular weight excluding hydrogens is 332 g/mol. The maximum atomic E-state index is 12.1. The number of carbonyl (C=O) groups is 1. The first kappa shape index (κ1) is 20.7. The molecule has 7 heteroatoms. The van der Waals surface area contributed by atoms with Crippen molar-refractivity contribution >= 4 is 18.3 Å². The number of β-amino-alcohol motifs (C(OH)–C–C–N with tert-alkyl or cyclic N) is 1. The molecule has 1 aromatic carbocycles. The fourth-order valence-corrected chi connectivity index (χ4v) is 2.55. The first-order valence-electron chi connectivity index (χ1n) is 8.00. The molecule has 0 aliphatic carbocycles. The van der Waals surface area contributed by atoms with Crippen LogP contribution in [0.2, 0.25) is 0 Å². The Balaban J connectivity index is 0.00000288. The van der Waals surface area contributed by atoms with Gasteiger partial charge >= 0.3 is 0 Å². The Bertz CT molecular complexity index is 527. The lowest BCUT2D eigenvalue weighted by atomic mass is 10.1. The molecule has 1 aliphatic heterocycles. The monoisotopic (exact) mass is 358 g/mol. The number of rotatable bonds is 8. The zero-order valence-corrected chi connectivity index (χ0v) is 15.0. The van der Waals surface area contributed by atoms with Crippen LogP contribution in [0.4, 0.5) is 0 Å². The van der Waals surface area contributed by atoms with Crippen molar-refractivity contribution in [3.05, 3.63) is 29.3 Å². The molecule has 2 atom stereocenters. The average molecular weight is 359 g/mol. The number of halogens is 1. The number of amides is 1. The van der Waals surface area contributed by atoms with E-state index in [4.69, 9.17) is 9.47 Å². The van der Waals surface area contributed by atoms with Gasteiger partial charge in [0.15, 0.2) is 0 Å². The van der Waals surface area contributed by atoms with Crippen LogP contribution < -0.4 is 15.4 Å². The minimum atomic E-state index is -0.440. The fraction of sp³-hybridized carbons (Fsp3) is 0.588. The predicted octanol–water partition coefficient (Wildman–Crippen LogP) is 1.17. The van der Waals surface area contributed by atoms with Crippen molar-refractivity contribution in [2.45, 2.75) is 38.5 Å². The highest BCUT2D eigenvalue weighted by Gasteiger charge is 2.27. The van der Waals surface area contributed by atoms with Crippen LogP contribution in [0.5, 0.6) is 5.75 Å². The molecule has 0 bridgehead atoms. The molecule has 136 valence electrons. The molecule has 0 aromatic heterocycles. The highest BCUT2D eigenvalue weighted by molar-refractivity contribution is 5.85. The lowest BCUT2D eigenvalue weighted by molar-refractivity contribution is -0.123. The molecule has 2 rings (SSSR count). The van der Waals surface area contributed by atoms with Crippen molar-refractivity contribution in [2.24, 2.45) is 0 Å². The molecule has 6 nitrogen and oxygen atoms in total. The Hall–Kier alpha value is -1.34. The second-order valence-electron chi connectivity index (χ2n) is 5.87. The molecule has 1 aliphatic rings. The van der Waals surface area contributed by atoms with Gasteiger partial charge in [0.2, 0.25) is 5.91 Å². The average Bonchev–Trinajstić information content (AvgIpc) is 2.97. The third-order valence-electron chi connectivity index (χ3n) is 3.85. The summed E-state index contributed by atoms with van der Waals surface area (Å²) in [4.78, 5) is 12.1. The van der Waals surface area contributed by atoms with Crippen molar-refractivity contribution in [1.29, 1.82) is 0 Å². The van der Waals surface area contributed by atoms with E-state index < -0.39 is 6.10 Å². The number of aliphatic hydroxyl groups excluding tert-OH is 1. The third-order valence-corrected chi connectivity index (χ3v) is 3.85. The number of nitrogens with one attached hydrogen (secondary N) is 2. The van der Waals surface area contributed by atoms with Gasteiger partial charge in [0.1, 0.15) is 5.75 Å². The van der Waals surface area contributed by atoms with Gasteiger partial charge < -0.3 is 25.2 Å². The van der Waals surface area contributed by atoms with E-state index in [9.17, 15) is 9.90 Å². The Morgan fingerprint density at radius 1 is 1.42 bits per heavy atom. The second kappa shape index (κ2) is 10.5. The van der Waals surface area contributed by atoms with Gasteiger partial charge in [-0.1, -0.05) is 12.1 Å². The number of benzene rings is 1. The zero-order valence-electron chi connectivity index (χ0n) is 14.2. The van der Waals surface area contributed by atoms with E-state index >= 15 is 0 Å². The third kappa shape index (κ3) is 6.28. The van der Waals surface area contributed by atoms with Gasteiger partial charge in [0, 0.05) is 38.8 Å². The lowest BCUT2D eigenvalue weighted by Gasteiger charge is -2.15. The van der Waals surface area contributed by atoms with E-state index in [2.05, 4.69) is 10.6 Å². The summed E-state index contributed by atoms with van der Waals surface area (Å²) in [6.45, 7) is 4.12. The van der Waals surface area contributed by atoms with E-state index in [0.29, 0.717) is 32.7 Å². The molecular formula is C17H27ClN2O4. The van der Waals surface area contributed by atoms with Crippen LogP contribution in [0, 0.1) is 6.92 Å². The van der Waals surface area contributed by atoms with Gasteiger partial charge in [-0.15, -0.1) is 12.4 Å². The summed E-state index contributed by atoms with van der Waals surface area (Å²) in [7, 11) is 1.67. The SMILES string of the molecule is COCCCOc1cc(C)ccc1CNC(=O)C1CC(O)CN1.Cl. The zero-order chi connectivity index (χ0) is 16.7. The van der Waals surface area contributed by atoms with Gasteiger partial charge in [-0.3, -0.25) is 4.79 Å². The van der Waals surface area contributed by atoms with Crippen molar-refractivity contribution in [1.82, 2.24) is 10.6 Å². The van der Waals surface area contributed by atoms with Crippen LogP contribution in [-0.4, -0.2) is 50.0 Å². The number of hydrogen-bond donors (Lipinski definition) is 3. The maximum absolute atomic E-state index is 12.1. The molecule has 1 saturated heterocycles. The summed E-state index contributed by atoms with van der Waals surface area (Å²) in [6.07, 6.45) is 0.838. The first-order chi connectivity index (χ1) is 11.1. The second-order valence-corrected chi connectivity index (χ2v) is 5.87. The van der Waals surface area contributed by atoms with Crippen LogP contribution >= 0.6 is 12.4 Å². The Labute approximate surface area is 149 Å². The number of hydrogen-bond acceptors (Lipinski definition) is 5. The number of carbonyl (C=O) groups excluding carboxylic acids is 1. The molecule has 3 N–H and O–H groups in total. The van der Waals surface area contributed by atoms with Gasteiger partial charge in [0.05, 0.1) is 18.8 Å². The van der Waals surface area contributed by atoms with Gasteiger partial charge in [-0.2, -0.15) is 0 Å². The van der Waals surface area contributed by atoms with Gasteiger partial charge in [-0.25, -0.2) is 0 Å². The summed E-state index contributed by atoms with van der Waals surface area (Å²) >= 11 is 0. The van der Waals surface area contributed by atoms with Gasteiger partial charge in [-0.05, 0) is 25.0 Å². The van der Waals surface area contributed by atoms with E-state index in [0.717, 1.165) is 23.3 Å². The summed E-state index contributed by atoms with van der Waals surface area (Å²) in [6, 6.07) is 5.63. The topological polar surface area (TPSA) is 79.8 Å². The quantitative estimate of drug-likeness (QED) is 0.608. The molecule has 1 fully saturated rings. The minimum Gasteiger partial charge on any atom is -0.493 e. The molecule has 2 unspecified atom stereocenters. The fourth-order valence-electron chi connectivity index (χ4n) is 2.55. The number of methoxy groups -OCH3 is 1. The summed E-state index contributed by atoms with van der Waals surface area (Å²) in [5.41, 5.74) is 2.06. The largest absolute Gasteiger partial charge is 0.493 e. The van der Waals surface area contributed by atoms with E-state index in [1.165, 1.54) is 0 Å². The van der Waals surface area contributed by atoms with Crippen LogP contribution in [-0.2, 0) is 16.1 Å². The summed E-state index contributed by atoms with van der Waals surface area (Å²) in [5.74, 6) is 0.702. The van der Waals surface area contributed by atoms with Crippen molar-refractivity contribution in [3.8, 4) is 5.75 Å². The molecule has 0 saturated carbocycles. The van der Waals surface area contributed by atoms with E-state index in [-0.39, 0.29) is 24.4 Å². The number of ether oxygens (including phenoxy) is 2. The molecule has 24 heavy (non-hydrogen) atoms. The van der Waals surface area contributed by atoms with E-state index in [1.54, 1.807) is 7.11 Å². The Morgan fingerprint density at radius 2 is 2.21 bits per heavy atom. The van der Waals surface area contributed by atoms with Crippen LogP contribution in [0.1, 0.15) is 24.0 Å². The van der Waals surface area contributed by atoms with Gasteiger partial charge in [0.25, 0.3) is 0 Å². The summed E-state index contributed by atoms with van der Waals surface area (Å²) < 4.78 is 10.8. The number of aryl methyl sites for hydroxylation is 1. The van der Waals surface area contributed by atoms with Crippen LogP contribution in [0.15, 0.2) is 18.2 Å². The van der Waals surface area contributed by atoms with Crippen molar-refractivity contribution < 1.29 is 19.4 Å². The first-order valence-corrected chi connectivity index (χ1v) is 8.00. The predicted molar refractivity (Wildman–Crippen MR) is 94.7 cm³/mol. The highest BCUT2D eigenvalue weighted by Crippen LogP contribution is 2.20. The normalized spacial score (nSPS) is 19.6. The van der Waals surface area contributed by atoms with E-state index in [1.807, 2.05) is 25.1 Å². The molecule has 0 radical (unpaired) electrons. The van der Waals surface area contributed by atoms with Crippen LogP contribution in [0.25, 0.3) is 0 Å². The Morgan fingerprint density at radius 3 is 2.88 bits per heavy atom. The smallest absolute Gasteiger partial charge is 0.237 e. The minimum absolute atomic E-state index is 0. The molecule has 1 amide bonds. The number of aliphatic hydroxyl groups is 1. The molecule has 1 heterocycles. The van der Waals surface area contributed by atoms with Crippen LogP contribution in [0.3, 0.4) is 0 Å². The molecule has 0 spiro atoms. The van der Waals surface area contributed by atoms with Crippen molar-refractivity contribution in [2.75, 3.05) is 26.9 Å². The molecule has 1 aromatic rings.